The van der Waals surface area contributed by atoms with Crippen molar-refractivity contribution in [2.75, 3.05) is 0 Å². The summed E-state index contributed by atoms with van der Waals surface area (Å²) in [6, 6.07) is 1.93. The average molecular weight is 321 g/mol. The molecule has 2 atom stereocenters. The summed E-state index contributed by atoms with van der Waals surface area (Å²) in [5.41, 5.74) is 1.02. The molecule has 0 aliphatic carbocycles. The molecule has 0 amide bonds. The van der Waals surface area contributed by atoms with Gasteiger partial charge in [0.05, 0.1) is 5.92 Å². The smallest absolute Gasteiger partial charge is 0.143 e. The molecule has 0 aromatic carbocycles. The number of ketones is 1. The summed E-state index contributed by atoms with van der Waals surface area (Å²) in [7, 11) is 0. The van der Waals surface area contributed by atoms with E-state index >= 15 is 0 Å². The summed E-state index contributed by atoms with van der Waals surface area (Å²) < 4.78 is 0. The molecule has 132 valence electrons. The van der Waals surface area contributed by atoms with Gasteiger partial charge in [-0.3, -0.25) is 4.79 Å². The molecule has 3 heteroatoms. The SMILES string of the molecule is CC.CCCCCC(C)CC(C(=O)CC)c1nccc(CC)n1. The van der Waals surface area contributed by atoms with E-state index < -0.39 is 0 Å². The van der Waals surface area contributed by atoms with E-state index in [-0.39, 0.29) is 11.7 Å². The third-order valence-corrected chi connectivity index (χ3v) is 4.08. The Morgan fingerprint density at radius 3 is 2.43 bits per heavy atom. The Morgan fingerprint density at radius 1 is 1.17 bits per heavy atom. The van der Waals surface area contributed by atoms with Gasteiger partial charge in [0.15, 0.2) is 0 Å². The lowest BCUT2D eigenvalue weighted by molar-refractivity contribution is -0.120. The van der Waals surface area contributed by atoms with Crippen LogP contribution in [0.25, 0.3) is 0 Å². The fraction of sp³-hybridized carbons (Fsp3) is 0.750. The molecule has 0 saturated heterocycles. The van der Waals surface area contributed by atoms with Crippen molar-refractivity contribution >= 4 is 5.78 Å². The molecule has 2 unspecified atom stereocenters. The number of nitrogens with zero attached hydrogens (tertiary/aromatic N) is 2. The number of unbranched alkanes of at least 4 members (excludes halogenated alkanes) is 2. The highest BCUT2D eigenvalue weighted by atomic mass is 16.1. The zero-order chi connectivity index (χ0) is 17.7. The number of Topliss-reactive ketones (excluding diaryl/α,β-unsaturated/α-hetero) is 1. The van der Waals surface area contributed by atoms with Crippen LogP contribution in [0.2, 0.25) is 0 Å². The monoisotopic (exact) mass is 320 g/mol. The second-order valence-electron chi connectivity index (χ2n) is 5.97. The number of aryl methyl sites for hydroxylation is 1. The first-order valence-corrected chi connectivity index (χ1v) is 9.46. The minimum atomic E-state index is -0.127. The van der Waals surface area contributed by atoms with Crippen LogP contribution in [-0.4, -0.2) is 15.8 Å². The predicted octanol–water partition coefficient (Wildman–Crippen LogP) is 5.73. The largest absolute Gasteiger partial charge is 0.299 e. The highest BCUT2D eigenvalue weighted by Crippen LogP contribution is 2.26. The van der Waals surface area contributed by atoms with Crippen LogP contribution in [0.4, 0.5) is 0 Å². The highest BCUT2D eigenvalue weighted by molar-refractivity contribution is 5.84. The van der Waals surface area contributed by atoms with Crippen molar-refractivity contribution in [3.8, 4) is 0 Å². The zero-order valence-corrected chi connectivity index (χ0v) is 16.1. The van der Waals surface area contributed by atoms with Gasteiger partial charge < -0.3 is 0 Å². The van der Waals surface area contributed by atoms with Crippen LogP contribution in [0.3, 0.4) is 0 Å². The number of hydrogen-bond donors (Lipinski definition) is 0. The van der Waals surface area contributed by atoms with Crippen LogP contribution in [0.15, 0.2) is 12.3 Å². The van der Waals surface area contributed by atoms with Gasteiger partial charge in [-0.15, -0.1) is 0 Å². The molecule has 1 heterocycles. The van der Waals surface area contributed by atoms with Crippen molar-refractivity contribution in [3.05, 3.63) is 23.8 Å². The third kappa shape index (κ3) is 8.24. The number of aromatic nitrogens is 2. The summed E-state index contributed by atoms with van der Waals surface area (Å²) >= 11 is 0. The van der Waals surface area contributed by atoms with Gasteiger partial charge in [0.2, 0.25) is 0 Å². The standard InChI is InChI=1S/C18H30N2O.C2H6/c1-5-8-9-10-14(4)13-16(17(21)7-3)18-19-12-11-15(6-2)20-18;1-2/h11-12,14,16H,5-10,13H2,1-4H3;1-2H3. The lowest BCUT2D eigenvalue weighted by atomic mass is 9.87. The Bertz CT molecular complexity index is 431. The van der Waals surface area contributed by atoms with Gasteiger partial charge in [-0.05, 0) is 24.8 Å². The van der Waals surface area contributed by atoms with Gasteiger partial charge in [-0.25, -0.2) is 9.97 Å². The zero-order valence-electron chi connectivity index (χ0n) is 16.1. The van der Waals surface area contributed by atoms with Gasteiger partial charge in [0, 0.05) is 18.3 Å². The number of carbonyl (C=O) groups excluding carboxylic acids is 1. The van der Waals surface area contributed by atoms with Crippen LogP contribution < -0.4 is 0 Å². The van der Waals surface area contributed by atoms with Crippen LogP contribution in [-0.2, 0) is 11.2 Å². The molecule has 1 aromatic rings. The summed E-state index contributed by atoms with van der Waals surface area (Å²) in [5, 5.41) is 0. The van der Waals surface area contributed by atoms with Gasteiger partial charge in [-0.1, -0.05) is 67.2 Å². The first kappa shape index (κ1) is 21.8. The molecule has 0 bridgehead atoms. The van der Waals surface area contributed by atoms with E-state index in [1.54, 1.807) is 6.20 Å². The molecule has 1 aromatic heterocycles. The Labute approximate surface area is 143 Å². The summed E-state index contributed by atoms with van der Waals surface area (Å²) in [4.78, 5) is 21.2. The molecule has 0 aliphatic rings. The Morgan fingerprint density at radius 2 is 1.87 bits per heavy atom. The maximum Gasteiger partial charge on any atom is 0.143 e. The van der Waals surface area contributed by atoms with Gasteiger partial charge in [0.25, 0.3) is 0 Å². The Kier molecular flexibility index (Phi) is 12.5. The average Bonchev–Trinajstić information content (AvgIpc) is 2.61. The molecule has 1 rings (SSSR count). The second-order valence-corrected chi connectivity index (χ2v) is 5.97. The van der Waals surface area contributed by atoms with Crippen molar-refractivity contribution in [1.29, 1.82) is 0 Å². The molecule has 0 saturated carbocycles. The van der Waals surface area contributed by atoms with E-state index in [0.717, 1.165) is 24.4 Å². The quantitative estimate of drug-likeness (QED) is 0.517. The number of hydrogen-bond acceptors (Lipinski definition) is 3. The highest BCUT2D eigenvalue weighted by Gasteiger charge is 2.24. The van der Waals surface area contributed by atoms with Gasteiger partial charge >= 0.3 is 0 Å². The summed E-state index contributed by atoms with van der Waals surface area (Å²) in [6.07, 6.45) is 9.07. The topological polar surface area (TPSA) is 42.9 Å². The van der Waals surface area contributed by atoms with E-state index in [2.05, 4.69) is 30.7 Å². The number of rotatable bonds is 10. The van der Waals surface area contributed by atoms with E-state index in [1.165, 1.54) is 25.7 Å². The van der Waals surface area contributed by atoms with Crippen LogP contribution in [0.5, 0.6) is 0 Å². The first-order chi connectivity index (χ1) is 11.1. The molecule has 3 nitrogen and oxygen atoms in total. The fourth-order valence-corrected chi connectivity index (χ4v) is 2.67. The Balaban J connectivity index is 0.00000232. The minimum Gasteiger partial charge on any atom is -0.299 e. The molecule has 0 N–H and O–H groups in total. The van der Waals surface area contributed by atoms with Gasteiger partial charge in [0.1, 0.15) is 11.6 Å². The van der Waals surface area contributed by atoms with Gasteiger partial charge in [-0.2, -0.15) is 0 Å². The Hall–Kier alpha value is -1.25. The number of carbonyl (C=O) groups is 1. The molecule has 0 fully saturated rings. The molecule has 0 radical (unpaired) electrons. The van der Waals surface area contributed by atoms with Crippen molar-refractivity contribution in [2.45, 2.75) is 92.4 Å². The van der Waals surface area contributed by atoms with Crippen LogP contribution in [0, 0.1) is 5.92 Å². The van der Waals surface area contributed by atoms with E-state index in [0.29, 0.717) is 12.3 Å². The molecule has 23 heavy (non-hydrogen) atoms. The second kappa shape index (κ2) is 13.2. The molecule has 0 spiro atoms. The summed E-state index contributed by atoms with van der Waals surface area (Å²) in [5.74, 6) is 1.41. The molecular weight excluding hydrogens is 284 g/mol. The van der Waals surface area contributed by atoms with Crippen LogP contribution >= 0.6 is 0 Å². The minimum absolute atomic E-state index is 0.127. The maximum atomic E-state index is 12.3. The molecule has 0 aliphatic heterocycles. The third-order valence-electron chi connectivity index (χ3n) is 4.08. The van der Waals surface area contributed by atoms with Crippen molar-refractivity contribution < 1.29 is 4.79 Å². The normalized spacial score (nSPS) is 13.0. The van der Waals surface area contributed by atoms with Crippen LogP contribution in [0.1, 0.15) is 97.5 Å². The molecular formula is C20H36N2O. The fourth-order valence-electron chi connectivity index (χ4n) is 2.67. The van der Waals surface area contributed by atoms with E-state index in [4.69, 9.17) is 0 Å². The van der Waals surface area contributed by atoms with E-state index in [9.17, 15) is 4.79 Å². The van der Waals surface area contributed by atoms with E-state index in [1.807, 2.05) is 26.8 Å². The predicted molar refractivity (Wildman–Crippen MR) is 98.7 cm³/mol. The van der Waals surface area contributed by atoms with Crippen molar-refractivity contribution in [1.82, 2.24) is 9.97 Å². The summed E-state index contributed by atoms with van der Waals surface area (Å²) in [6.45, 7) is 12.5. The first-order valence-electron chi connectivity index (χ1n) is 9.46. The lowest BCUT2D eigenvalue weighted by Crippen LogP contribution is -2.18. The van der Waals surface area contributed by atoms with Crippen molar-refractivity contribution in [2.24, 2.45) is 5.92 Å². The van der Waals surface area contributed by atoms with Crippen molar-refractivity contribution in [3.63, 3.8) is 0 Å². The lowest BCUT2D eigenvalue weighted by Gasteiger charge is -2.19. The maximum absolute atomic E-state index is 12.3.